The second kappa shape index (κ2) is 7.08. The molecule has 0 atom stereocenters. The van der Waals surface area contributed by atoms with E-state index in [4.69, 9.17) is 4.74 Å². The van der Waals surface area contributed by atoms with Crippen LogP contribution in [0.15, 0.2) is 60.7 Å². The maximum atomic E-state index is 11.8. The van der Waals surface area contributed by atoms with Crippen molar-refractivity contribution in [1.29, 1.82) is 0 Å². The molecule has 0 aromatic heterocycles. The minimum absolute atomic E-state index is 0.282. The summed E-state index contributed by atoms with van der Waals surface area (Å²) >= 11 is 0. The molecule has 2 aromatic carbocycles. The van der Waals surface area contributed by atoms with E-state index in [-0.39, 0.29) is 5.76 Å². The van der Waals surface area contributed by atoms with Gasteiger partial charge >= 0.3 is 0 Å². The smallest absolute Gasteiger partial charge is 0.296 e. The molecular weight excluding hydrogens is 282 g/mol. The third-order valence-electron chi connectivity index (χ3n) is 2.91. The molecule has 2 N–H and O–H groups in total. The number of para-hydroxylation sites is 1. The van der Waals surface area contributed by atoms with E-state index in [0.717, 1.165) is 6.08 Å². The van der Waals surface area contributed by atoms with E-state index in [1.54, 1.807) is 54.6 Å². The number of hydrogen-bond donors (Lipinski definition) is 2. The van der Waals surface area contributed by atoms with Gasteiger partial charge in [-0.1, -0.05) is 18.2 Å². The Kier molecular flexibility index (Phi) is 4.93. The van der Waals surface area contributed by atoms with Crippen molar-refractivity contribution < 1.29 is 19.4 Å². The Balaban J connectivity index is 2.06. The van der Waals surface area contributed by atoms with Gasteiger partial charge < -0.3 is 15.2 Å². The van der Waals surface area contributed by atoms with Crippen molar-refractivity contribution in [1.82, 2.24) is 0 Å². The number of aliphatic hydroxyl groups is 1. The van der Waals surface area contributed by atoms with Crippen molar-refractivity contribution in [2.24, 2.45) is 0 Å². The molecule has 0 fully saturated rings. The van der Waals surface area contributed by atoms with Gasteiger partial charge in [-0.25, -0.2) is 0 Å². The predicted molar refractivity (Wildman–Crippen MR) is 83.7 cm³/mol. The highest BCUT2D eigenvalue weighted by Gasteiger charge is 2.13. The molecule has 0 heterocycles. The summed E-state index contributed by atoms with van der Waals surface area (Å²) in [7, 11) is 1.53. The average Bonchev–Trinajstić information content (AvgIpc) is 2.55. The van der Waals surface area contributed by atoms with Crippen LogP contribution >= 0.6 is 0 Å². The van der Waals surface area contributed by atoms with Gasteiger partial charge in [0.25, 0.3) is 5.91 Å². The molecule has 0 spiro atoms. The number of anilines is 1. The minimum Gasteiger partial charge on any atom is -0.507 e. The summed E-state index contributed by atoms with van der Waals surface area (Å²) in [4.78, 5) is 23.5. The molecule has 0 radical (unpaired) electrons. The van der Waals surface area contributed by atoms with Crippen LogP contribution in [0.1, 0.15) is 5.56 Å². The maximum Gasteiger partial charge on any atom is 0.296 e. The van der Waals surface area contributed by atoms with Gasteiger partial charge in [0.05, 0.1) is 7.11 Å². The number of aliphatic hydroxyl groups excluding tert-OH is 1. The van der Waals surface area contributed by atoms with Gasteiger partial charge in [-0.3, -0.25) is 9.59 Å². The Morgan fingerprint density at radius 1 is 1.05 bits per heavy atom. The number of amides is 1. The van der Waals surface area contributed by atoms with Crippen LogP contribution in [0.3, 0.4) is 0 Å². The van der Waals surface area contributed by atoms with Crippen molar-refractivity contribution in [3.63, 3.8) is 0 Å². The first-order chi connectivity index (χ1) is 10.6. The number of carbonyl (C=O) groups excluding carboxylic acids is 2. The lowest BCUT2D eigenvalue weighted by molar-refractivity contribution is -0.131. The molecule has 2 aromatic rings. The molecule has 0 bridgehead atoms. The molecule has 2 rings (SSSR count). The fraction of sp³-hybridized carbons (Fsp3) is 0.0588. The zero-order chi connectivity index (χ0) is 15.9. The third-order valence-corrected chi connectivity index (χ3v) is 2.91. The van der Waals surface area contributed by atoms with Gasteiger partial charge in [0.15, 0.2) is 0 Å². The highest BCUT2D eigenvalue weighted by atomic mass is 16.5. The number of ketones is 1. The lowest BCUT2D eigenvalue weighted by Gasteiger charge is -2.04. The lowest BCUT2D eigenvalue weighted by Crippen LogP contribution is -2.21. The molecule has 0 aliphatic heterocycles. The summed E-state index contributed by atoms with van der Waals surface area (Å²) < 4.78 is 5.00. The van der Waals surface area contributed by atoms with Crippen LogP contribution in [0.25, 0.3) is 5.76 Å². The first-order valence-corrected chi connectivity index (χ1v) is 6.55. The summed E-state index contributed by atoms with van der Waals surface area (Å²) in [6, 6.07) is 15.1. The van der Waals surface area contributed by atoms with Crippen molar-refractivity contribution in [3.05, 3.63) is 66.2 Å². The summed E-state index contributed by atoms with van der Waals surface area (Å²) in [5.41, 5.74) is 0.930. The SMILES string of the molecule is COc1ccc(C(O)=CC(=O)C(=O)Nc2ccccc2)cc1. The number of rotatable bonds is 5. The molecule has 22 heavy (non-hydrogen) atoms. The van der Waals surface area contributed by atoms with Crippen molar-refractivity contribution in [3.8, 4) is 5.75 Å². The molecule has 0 saturated carbocycles. The van der Waals surface area contributed by atoms with Crippen LogP contribution < -0.4 is 10.1 Å². The molecule has 5 heteroatoms. The Bertz CT molecular complexity index is 690. The standard InChI is InChI=1S/C17H15NO4/c1-22-14-9-7-12(8-10-14)15(19)11-16(20)17(21)18-13-5-3-2-4-6-13/h2-11,19H,1H3,(H,18,21). The fourth-order valence-electron chi connectivity index (χ4n) is 1.75. The molecule has 1 amide bonds. The molecule has 5 nitrogen and oxygen atoms in total. The number of methoxy groups -OCH3 is 1. The van der Waals surface area contributed by atoms with E-state index in [0.29, 0.717) is 17.0 Å². The van der Waals surface area contributed by atoms with Gasteiger partial charge in [-0.2, -0.15) is 0 Å². The van der Waals surface area contributed by atoms with Crippen molar-refractivity contribution in [2.45, 2.75) is 0 Å². The van der Waals surface area contributed by atoms with Gasteiger partial charge in [0.2, 0.25) is 5.78 Å². The topological polar surface area (TPSA) is 75.6 Å². The van der Waals surface area contributed by atoms with E-state index >= 15 is 0 Å². The van der Waals surface area contributed by atoms with E-state index < -0.39 is 11.7 Å². The zero-order valence-electron chi connectivity index (χ0n) is 11.9. The average molecular weight is 297 g/mol. The number of benzene rings is 2. The van der Waals surface area contributed by atoms with Crippen LogP contribution in [0.4, 0.5) is 5.69 Å². The second-order valence-corrected chi connectivity index (χ2v) is 4.44. The summed E-state index contributed by atoms with van der Waals surface area (Å²) in [6.45, 7) is 0. The van der Waals surface area contributed by atoms with Gasteiger partial charge in [0.1, 0.15) is 11.5 Å². The summed E-state index contributed by atoms with van der Waals surface area (Å²) in [6.07, 6.45) is 0.889. The number of carbonyl (C=O) groups is 2. The van der Waals surface area contributed by atoms with Gasteiger partial charge in [-0.15, -0.1) is 0 Å². The largest absolute Gasteiger partial charge is 0.507 e. The van der Waals surface area contributed by atoms with Crippen LogP contribution in [0.2, 0.25) is 0 Å². The molecule has 0 aliphatic carbocycles. The first-order valence-electron chi connectivity index (χ1n) is 6.55. The fourth-order valence-corrected chi connectivity index (χ4v) is 1.75. The van der Waals surface area contributed by atoms with Gasteiger partial charge in [-0.05, 0) is 36.4 Å². The predicted octanol–water partition coefficient (Wildman–Crippen LogP) is 2.80. The Hall–Kier alpha value is -3.08. The second-order valence-electron chi connectivity index (χ2n) is 4.44. The Labute approximate surface area is 127 Å². The minimum atomic E-state index is -0.836. The lowest BCUT2D eigenvalue weighted by atomic mass is 10.1. The van der Waals surface area contributed by atoms with Crippen LogP contribution in [0, 0.1) is 0 Å². The van der Waals surface area contributed by atoms with Crippen LogP contribution in [0.5, 0.6) is 5.75 Å². The summed E-state index contributed by atoms with van der Waals surface area (Å²) in [5, 5.41) is 12.3. The van der Waals surface area contributed by atoms with E-state index in [9.17, 15) is 14.7 Å². The van der Waals surface area contributed by atoms with Crippen molar-refractivity contribution >= 4 is 23.1 Å². The molecule has 0 saturated heterocycles. The monoisotopic (exact) mass is 297 g/mol. The number of hydrogen-bond acceptors (Lipinski definition) is 4. The quantitative estimate of drug-likeness (QED) is 0.505. The van der Waals surface area contributed by atoms with Gasteiger partial charge in [0, 0.05) is 17.3 Å². The van der Waals surface area contributed by atoms with E-state index in [1.165, 1.54) is 7.11 Å². The number of nitrogens with one attached hydrogen (secondary N) is 1. The first kappa shape index (κ1) is 15.3. The van der Waals surface area contributed by atoms with E-state index in [1.807, 2.05) is 0 Å². The maximum absolute atomic E-state index is 11.8. The highest BCUT2D eigenvalue weighted by molar-refractivity contribution is 6.45. The molecular formula is C17H15NO4. The van der Waals surface area contributed by atoms with E-state index in [2.05, 4.69) is 5.32 Å². The number of ether oxygens (including phenoxy) is 1. The van der Waals surface area contributed by atoms with Crippen LogP contribution in [-0.2, 0) is 9.59 Å². The highest BCUT2D eigenvalue weighted by Crippen LogP contribution is 2.16. The molecule has 112 valence electrons. The molecule has 0 unspecified atom stereocenters. The zero-order valence-corrected chi connectivity index (χ0v) is 11.9. The van der Waals surface area contributed by atoms with Crippen molar-refractivity contribution in [2.75, 3.05) is 12.4 Å². The Morgan fingerprint density at radius 2 is 1.68 bits per heavy atom. The molecule has 0 aliphatic rings. The Morgan fingerprint density at radius 3 is 2.27 bits per heavy atom. The summed E-state index contributed by atoms with van der Waals surface area (Å²) in [5.74, 6) is -1.30. The normalized spacial score (nSPS) is 10.9. The van der Waals surface area contributed by atoms with Crippen LogP contribution in [-0.4, -0.2) is 23.9 Å². The third kappa shape index (κ3) is 3.96.